The first-order chi connectivity index (χ1) is 12.6. The Morgan fingerprint density at radius 3 is 2.65 bits per heavy atom. The van der Waals surface area contributed by atoms with Gasteiger partial charge in [-0.3, -0.25) is 4.79 Å². The number of nitrogens with one attached hydrogen (secondary N) is 1. The molecule has 1 N–H and O–H groups in total. The van der Waals surface area contributed by atoms with E-state index < -0.39 is 11.7 Å². The van der Waals surface area contributed by atoms with Crippen LogP contribution in [0.1, 0.15) is 17.5 Å². The van der Waals surface area contributed by atoms with E-state index in [1.807, 2.05) is 6.92 Å². The monoisotopic (exact) mass is 355 g/mol. The number of anilines is 1. The highest BCUT2D eigenvalue weighted by atomic mass is 19.1. The summed E-state index contributed by atoms with van der Waals surface area (Å²) in [6, 6.07) is 14.4. The van der Waals surface area contributed by atoms with Crippen LogP contribution in [0, 0.1) is 5.82 Å². The molecule has 1 aromatic heterocycles. The zero-order valence-electron chi connectivity index (χ0n) is 14.4. The highest BCUT2D eigenvalue weighted by Gasteiger charge is 2.15. The van der Waals surface area contributed by atoms with Crippen molar-refractivity contribution in [2.45, 2.75) is 6.92 Å². The van der Waals surface area contributed by atoms with Gasteiger partial charge in [0.1, 0.15) is 11.6 Å². The standard InChI is InChI=1S/C20H18FNO4/c1-3-25-17-9-8-13(12-19(17)24-2)22-20(23)18-11-10-16(26-18)14-6-4-5-7-15(14)21/h4-12H,3H2,1-2H3,(H,22,23). The molecule has 5 nitrogen and oxygen atoms in total. The summed E-state index contributed by atoms with van der Waals surface area (Å²) in [6.45, 7) is 2.38. The maximum absolute atomic E-state index is 13.8. The van der Waals surface area contributed by atoms with E-state index in [-0.39, 0.29) is 11.5 Å². The van der Waals surface area contributed by atoms with E-state index >= 15 is 0 Å². The van der Waals surface area contributed by atoms with E-state index in [1.165, 1.54) is 19.2 Å². The third-order valence-corrected chi connectivity index (χ3v) is 3.69. The minimum atomic E-state index is -0.446. The third kappa shape index (κ3) is 3.69. The van der Waals surface area contributed by atoms with Crippen molar-refractivity contribution in [3.05, 3.63) is 66.2 Å². The number of carbonyl (C=O) groups is 1. The van der Waals surface area contributed by atoms with Crippen LogP contribution >= 0.6 is 0 Å². The van der Waals surface area contributed by atoms with Crippen LogP contribution in [0.15, 0.2) is 59.0 Å². The number of hydrogen-bond acceptors (Lipinski definition) is 4. The van der Waals surface area contributed by atoms with Gasteiger partial charge < -0.3 is 19.2 Å². The molecule has 0 bridgehead atoms. The second kappa shape index (κ2) is 7.74. The van der Waals surface area contributed by atoms with Gasteiger partial charge in [-0.2, -0.15) is 0 Å². The Labute approximate surface area is 150 Å². The van der Waals surface area contributed by atoms with Crippen molar-refractivity contribution >= 4 is 11.6 Å². The number of carbonyl (C=O) groups excluding carboxylic acids is 1. The number of halogens is 1. The van der Waals surface area contributed by atoms with Crippen LogP contribution in [-0.2, 0) is 0 Å². The van der Waals surface area contributed by atoms with Gasteiger partial charge in [0.15, 0.2) is 17.3 Å². The molecule has 1 amide bonds. The molecule has 3 aromatic rings. The maximum Gasteiger partial charge on any atom is 0.291 e. The normalized spacial score (nSPS) is 10.4. The second-order valence-electron chi connectivity index (χ2n) is 5.40. The number of furan rings is 1. The van der Waals surface area contributed by atoms with Crippen molar-refractivity contribution < 1.29 is 23.1 Å². The Balaban J connectivity index is 1.78. The molecule has 0 radical (unpaired) electrons. The molecule has 0 unspecified atom stereocenters. The third-order valence-electron chi connectivity index (χ3n) is 3.69. The van der Waals surface area contributed by atoms with Crippen molar-refractivity contribution in [1.82, 2.24) is 0 Å². The van der Waals surface area contributed by atoms with Crippen LogP contribution in [0.2, 0.25) is 0 Å². The average molecular weight is 355 g/mol. The fourth-order valence-corrected chi connectivity index (χ4v) is 2.48. The van der Waals surface area contributed by atoms with Crippen LogP contribution in [0.5, 0.6) is 11.5 Å². The van der Waals surface area contributed by atoms with Gasteiger partial charge in [-0.25, -0.2) is 4.39 Å². The zero-order valence-corrected chi connectivity index (χ0v) is 14.4. The minimum absolute atomic E-state index is 0.0797. The predicted molar refractivity (Wildman–Crippen MR) is 96.2 cm³/mol. The Kier molecular flexibility index (Phi) is 5.22. The second-order valence-corrected chi connectivity index (χ2v) is 5.40. The van der Waals surface area contributed by atoms with E-state index in [1.54, 1.807) is 42.5 Å². The van der Waals surface area contributed by atoms with Crippen LogP contribution in [-0.4, -0.2) is 19.6 Å². The summed E-state index contributed by atoms with van der Waals surface area (Å²) in [5.41, 5.74) is 0.827. The summed E-state index contributed by atoms with van der Waals surface area (Å²) in [6.07, 6.45) is 0. The smallest absolute Gasteiger partial charge is 0.291 e. The molecule has 0 spiro atoms. The van der Waals surface area contributed by atoms with E-state index in [4.69, 9.17) is 13.9 Å². The van der Waals surface area contributed by atoms with Crippen LogP contribution < -0.4 is 14.8 Å². The number of methoxy groups -OCH3 is 1. The first kappa shape index (κ1) is 17.5. The Hall–Kier alpha value is -3.28. The Bertz CT molecular complexity index is 920. The van der Waals surface area contributed by atoms with Gasteiger partial charge in [-0.1, -0.05) is 12.1 Å². The van der Waals surface area contributed by atoms with Crippen LogP contribution in [0.4, 0.5) is 10.1 Å². The number of rotatable bonds is 6. The van der Waals surface area contributed by atoms with Gasteiger partial charge in [-0.15, -0.1) is 0 Å². The molecule has 0 atom stereocenters. The van der Waals surface area contributed by atoms with Crippen LogP contribution in [0.3, 0.4) is 0 Å². The van der Waals surface area contributed by atoms with Gasteiger partial charge in [0, 0.05) is 11.8 Å². The van der Waals surface area contributed by atoms with Crippen molar-refractivity contribution in [3.63, 3.8) is 0 Å². The number of hydrogen-bond donors (Lipinski definition) is 1. The highest BCUT2D eigenvalue weighted by Crippen LogP contribution is 2.31. The summed E-state index contributed by atoms with van der Waals surface area (Å²) >= 11 is 0. The molecule has 0 aliphatic heterocycles. The zero-order chi connectivity index (χ0) is 18.5. The van der Waals surface area contributed by atoms with Gasteiger partial charge in [-0.05, 0) is 43.3 Å². The lowest BCUT2D eigenvalue weighted by Gasteiger charge is -2.11. The van der Waals surface area contributed by atoms with Gasteiger partial charge in [0.25, 0.3) is 5.91 Å². The van der Waals surface area contributed by atoms with Gasteiger partial charge in [0.2, 0.25) is 0 Å². The van der Waals surface area contributed by atoms with E-state index in [0.717, 1.165) is 0 Å². The SMILES string of the molecule is CCOc1ccc(NC(=O)c2ccc(-c3ccccc3F)o2)cc1OC. The topological polar surface area (TPSA) is 60.7 Å². The largest absolute Gasteiger partial charge is 0.493 e. The summed E-state index contributed by atoms with van der Waals surface area (Å²) in [5, 5.41) is 2.72. The molecule has 0 fully saturated rings. The van der Waals surface area contributed by atoms with Crippen molar-refractivity contribution in [2.24, 2.45) is 0 Å². The number of benzene rings is 2. The predicted octanol–water partition coefficient (Wildman–Crippen LogP) is 4.75. The molecule has 134 valence electrons. The Morgan fingerprint density at radius 1 is 1.12 bits per heavy atom. The first-order valence-electron chi connectivity index (χ1n) is 8.09. The summed E-state index contributed by atoms with van der Waals surface area (Å²) in [4.78, 5) is 12.4. The number of amides is 1. The average Bonchev–Trinajstić information content (AvgIpc) is 3.13. The van der Waals surface area contributed by atoms with E-state index in [0.29, 0.717) is 29.4 Å². The molecule has 0 aliphatic rings. The summed E-state index contributed by atoms with van der Waals surface area (Å²) < 4.78 is 30.0. The van der Waals surface area contributed by atoms with Crippen LogP contribution in [0.25, 0.3) is 11.3 Å². The maximum atomic E-state index is 13.8. The first-order valence-corrected chi connectivity index (χ1v) is 8.09. The lowest BCUT2D eigenvalue weighted by atomic mass is 10.1. The fraction of sp³-hybridized carbons (Fsp3) is 0.150. The molecule has 26 heavy (non-hydrogen) atoms. The molecule has 0 saturated heterocycles. The van der Waals surface area contributed by atoms with Crippen molar-refractivity contribution in [3.8, 4) is 22.8 Å². The summed E-state index contributed by atoms with van der Waals surface area (Å²) in [7, 11) is 1.52. The molecule has 2 aromatic carbocycles. The van der Waals surface area contributed by atoms with Crippen molar-refractivity contribution in [1.29, 1.82) is 0 Å². The Morgan fingerprint density at radius 2 is 1.92 bits per heavy atom. The lowest BCUT2D eigenvalue weighted by molar-refractivity contribution is 0.0997. The van der Waals surface area contributed by atoms with Crippen molar-refractivity contribution in [2.75, 3.05) is 19.0 Å². The molecule has 6 heteroatoms. The molecule has 3 rings (SSSR count). The molecular weight excluding hydrogens is 337 g/mol. The van der Waals surface area contributed by atoms with Gasteiger partial charge in [0.05, 0.1) is 19.3 Å². The molecule has 0 aliphatic carbocycles. The fourth-order valence-electron chi connectivity index (χ4n) is 2.48. The van der Waals surface area contributed by atoms with E-state index in [2.05, 4.69) is 5.32 Å². The lowest BCUT2D eigenvalue weighted by Crippen LogP contribution is -2.11. The highest BCUT2D eigenvalue weighted by molar-refractivity contribution is 6.02. The van der Waals surface area contributed by atoms with E-state index in [9.17, 15) is 9.18 Å². The molecule has 1 heterocycles. The number of ether oxygens (including phenoxy) is 2. The quantitative estimate of drug-likeness (QED) is 0.693. The summed E-state index contributed by atoms with van der Waals surface area (Å²) in [5.74, 6) is 0.612. The molecular formula is C20H18FNO4. The molecule has 0 saturated carbocycles. The van der Waals surface area contributed by atoms with Gasteiger partial charge >= 0.3 is 0 Å². The minimum Gasteiger partial charge on any atom is -0.493 e.